The Morgan fingerprint density at radius 3 is 2.56 bits per heavy atom. The van der Waals surface area contributed by atoms with Gasteiger partial charge in [-0.05, 0) is 17.7 Å². The van der Waals surface area contributed by atoms with Gasteiger partial charge in [-0.3, -0.25) is 0 Å². The summed E-state index contributed by atoms with van der Waals surface area (Å²) in [5.74, 6) is 1.74. The van der Waals surface area contributed by atoms with Crippen molar-refractivity contribution < 1.29 is 14.0 Å². The van der Waals surface area contributed by atoms with Crippen LogP contribution in [0.15, 0.2) is 12.1 Å². The van der Waals surface area contributed by atoms with Crippen LogP contribution in [0.3, 0.4) is 0 Å². The van der Waals surface area contributed by atoms with Crippen molar-refractivity contribution in [3.05, 3.63) is 23.3 Å². The Bertz CT molecular complexity index is 472. The largest absolute Gasteiger partial charge is 0.493 e. The lowest BCUT2D eigenvalue weighted by Crippen LogP contribution is -2.47. The van der Waals surface area contributed by atoms with Crippen LogP contribution in [0.5, 0.6) is 11.5 Å². The lowest BCUT2D eigenvalue weighted by Gasteiger charge is -2.41. The Balaban J connectivity index is 2.09. The number of ether oxygens (including phenoxy) is 2. The van der Waals surface area contributed by atoms with Crippen molar-refractivity contribution in [3.63, 3.8) is 0 Å². The summed E-state index contributed by atoms with van der Waals surface area (Å²) in [4.78, 5) is 0. The molecule has 1 saturated heterocycles. The third-order valence-electron chi connectivity index (χ3n) is 4.80. The fourth-order valence-corrected chi connectivity index (χ4v) is 3.71. The van der Waals surface area contributed by atoms with E-state index in [-0.39, 0.29) is 0 Å². The molecule has 98 valence electrons. The normalized spacial score (nSPS) is 29.6. The molecule has 0 spiro atoms. The number of likely N-dealkylation sites (N-methyl/N-ethyl adjacent to an activating group) is 1. The first-order valence-electron chi connectivity index (χ1n) is 6.77. The molecule has 1 aromatic rings. The number of benzene rings is 1. The smallest absolute Gasteiger partial charge is 0.161 e. The van der Waals surface area contributed by atoms with E-state index in [0.29, 0.717) is 6.04 Å². The molecule has 2 atom stereocenters. The average Bonchev–Trinajstić information content (AvgIpc) is 2.79. The fourth-order valence-electron chi connectivity index (χ4n) is 3.71. The van der Waals surface area contributed by atoms with Crippen LogP contribution in [-0.2, 0) is 6.42 Å². The van der Waals surface area contributed by atoms with E-state index in [1.807, 2.05) is 0 Å². The highest BCUT2D eigenvalue weighted by molar-refractivity contribution is 5.49. The zero-order valence-electron chi connectivity index (χ0n) is 11.5. The summed E-state index contributed by atoms with van der Waals surface area (Å²) in [6.45, 7) is 2.58. The van der Waals surface area contributed by atoms with Crippen molar-refractivity contribution >= 4 is 0 Å². The van der Waals surface area contributed by atoms with Crippen molar-refractivity contribution in [2.75, 3.05) is 34.4 Å². The predicted molar refractivity (Wildman–Crippen MR) is 71.1 cm³/mol. The molecule has 1 unspecified atom stereocenters. The maximum atomic E-state index is 5.45. The Morgan fingerprint density at radius 2 is 1.83 bits per heavy atom. The topological polar surface area (TPSA) is 18.5 Å². The number of hydrogen-bond donors (Lipinski definition) is 0. The molecule has 1 fully saturated rings. The average molecular weight is 248 g/mol. The van der Waals surface area contributed by atoms with Gasteiger partial charge in [-0.15, -0.1) is 0 Å². The van der Waals surface area contributed by atoms with Gasteiger partial charge in [0.1, 0.15) is 6.04 Å². The molecule has 2 aliphatic heterocycles. The second-order valence-electron chi connectivity index (χ2n) is 5.74. The van der Waals surface area contributed by atoms with E-state index in [4.69, 9.17) is 9.47 Å². The van der Waals surface area contributed by atoms with Crippen molar-refractivity contribution in [2.24, 2.45) is 0 Å². The molecular formula is C15H22NO2+. The summed E-state index contributed by atoms with van der Waals surface area (Å²) >= 11 is 0. The first kappa shape index (κ1) is 11.8. The molecule has 0 aliphatic carbocycles. The van der Waals surface area contributed by atoms with Gasteiger partial charge in [0, 0.05) is 24.8 Å². The van der Waals surface area contributed by atoms with Gasteiger partial charge in [-0.25, -0.2) is 0 Å². The second kappa shape index (κ2) is 4.16. The molecule has 0 aromatic heterocycles. The van der Waals surface area contributed by atoms with E-state index in [9.17, 15) is 0 Å². The van der Waals surface area contributed by atoms with E-state index in [2.05, 4.69) is 19.2 Å². The van der Waals surface area contributed by atoms with E-state index in [0.717, 1.165) is 17.9 Å². The van der Waals surface area contributed by atoms with Gasteiger partial charge in [-0.1, -0.05) is 0 Å². The lowest BCUT2D eigenvalue weighted by molar-refractivity contribution is -0.928. The first-order chi connectivity index (χ1) is 8.68. The highest BCUT2D eigenvalue weighted by Crippen LogP contribution is 2.45. The minimum Gasteiger partial charge on any atom is -0.493 e. The van der Waals surface area contributed by atoms with Crippen molar-refractivity contribution in [1.82, 2.24) is 0 Å². The highest BCUT2D eigenvalue weighted by atomic mass is 16.5. The summed E-state index contributed by atoms with van der Waals surface area (Å²) in [6.07, 6.45) is 3.80. The van der Waals surface area contributed by atoms with Gasteiger partial charge in [0.25, 0.3) is 0 Å². The van der Waals surface area contributed by atoms with E-state index in [1.165, 1.54) is 41.5 Å². The molecule has 0 N–H and O–H groups in total. The zero-order valence-corrected chi connectivity index (χ0v) is 11.5. The number of hydrogen-bond acceptors (Lipinski definition) is 2. The lowest BCUT2D eigenvalue weighted by atomic mass is 9.90. The molecule has 0 radical (unpaired) electrons. The van der Waals surface area contributed by atoms with Gasteiger partial charge in [0.05, 0.1) is 34.4 Å². The molecule has 0 bridgehead atoms. The van der Waals surface area contributed by atoms with E-state index < -0.39 is 0 Å². The van der Waals surface area contributed by atoms with Crippen molar-refractivity contribution in [1.29, 1.82) is 0 Å². The van der Waals surface area contributed by atoms with Crippen LogP contribution in [0.4, 0.5) is 0 Å². The minimum atomic E-state index is 0.661. The van der Waals surface area contributed by atoms with Gasteiger partial charge >= 0.3 is 0 Å². The fraction of sp³-hybridized carbons (Fsp3) is 0.600. The van der Waals surface area contributed by atoms with Crippen molar-refractivity contribution in [3.8, 4) is 11.5 Å². The van der Waals surface area contributed by atoms with Crippen LogP contribution in [0.25, 0.3) is 0 Å². The molecule has 18 heavy (non-hydrogen) atoms. The van der Waals surface area contributed by atoms with Crippen LogP contribution in [0.2, 0.25) is 0 Å². The molecule has 1 aromatic carbocycles. The number of quaternary nitrogens is 1. The van der Waals surface area contributed by atoms with Crippen LogP contribution >= 0.6 is 0 Å². The van der Waals surface area contributed by atoms with Crippen LogP contribution < -0.4 is 9.47 Å². The predicted octanol–water partition coefficient (Wildman–Crippen LogP) is 2.54. The standard InChI is InChI=1S/C15H22NO2/c1-16-7-4-5-13(16)12-10-15(18-3)14(17-2)9-11(12)6-8-16/h9-10,13H,4-8H2,1-3H3/q+1/t13-,16?/m0/s1. The Kier molecular flexibility index (Phi) is 2.74. The number of rotatable bonds is 2. The molecule has 3 nitrogen and oxygen atoms in total. The second-order valence-corrected chi connectivity index (χ2v) is 5.74. The number of fused-ring (bicyclic) bond motifs is 3. The summed E-state index contributed by atoms with van der Waals surface area (Å²) in [7, 11) is 5.83. The molecule has 3 rings (SSSR count). The monoisotopic (exact) mass is 248 g/mol. The highest BCUT2D eigenvalue weighted by Gasteiger charge is 2.43. The molecule has 2 heterocycles. The van der Waals surface area contributed by atoms with Crippen LogP contribution in [0, 0.1) is 0 Å². The Hall–Kier alpha value is -1.22. The summed E-state index contributed by atoms with van der Waals surface area (Å²) in [6, 6.07) is 5.05. The SMILES string of the molecule is COc1cc2c(cc1OC)[C@@H]1CCC[N+]1(C)CC2. The number of methoxy groups -OCH3 is 2. The third-order valence-corrected chi connectivity index (χ3v) is 4.80. The summed E-state index contributed by atoms with van der Waals surface area (Å²) in [5.41, 5.74) is 2.94. The van der Waals surface area contributed by atoms with Gasteiger partial charge < -0.3 is 14.0 Å². The van der Waals surface area contributed by atoms with E-state index in [1.54, 1.807) is 14.2 Å². The maximum absolute atomic E-state index is 5.45. The summed E-state index contributed by atoms with van der Waals surface area (Å²) in [5, 5.41) is 0. The Morgan fingerprint density at radius 1 is 1.11 bits per heavy atom. The van der Waals surface area contributed by atoms with Gasteiger partial charge in [0.2, 0.25) is 0 Å². The quantitative estimate of drug-likeness (QED) is 0.749. The van der Waals surface area contributed by atoms with Gasteiger partial charge in [0.15, 0.2) is 11.5 Å². The van der Waals surface area contributed by atoms with Crippen LogP contribution in [0.1, 0.15) is 30.0 Å². The third kappa shape index (κ3) is 1.61. The molecule has 2 aliphatic rings. The Labute approximate surface area is 109 Å². The van der Waals surface area contributed by atoms with E-state index >= 15 is 0 Å². The zero-order chi connectivity index (χ0) is 12.8. The minimum absolute atomic E-state index is 0.661. The molecule has 0 saturated carbocycles. The summed E-state index contributed by atoms with van der Waals surface area (Å²) < 4.78 is 12.1. The maximum Gasteiger partial charge on any atom is 0.161 e. The first-order valence-corrected chi connectivity index (χ1v) is 6.77. The molecular weight excluding hydrogens is 226 g/mol. The van der Waals surface area contributed by atoms with Crippen molar-refractivity contribution in [2.45, 2.75) is 25.3 Å². The molecule has 3 heteroatoms. The molecule has 0 amide bonds. The van der Waals surface area contributed by atoms with Crippen LogP contribution in [-0.4, -0.2) is 38.8 Å². The van der Waals surface area contributed by atoms with Gasteiger partial charge in [-0.2, -0.15) is 0 Å². The number of nitrogens with zero attached hydrogens (tertiary/aromatic N) is 1.